The van der Waals surface area contributed by atoms with Crippen LogP contribution >= 0.6 is 0 Å². The van der Waals surface area contributed by atoms with Crippen molar-refractivity contribution in [2.45, 2.75) is 6.92 Å². The molecule has 1 amide bonds. The third-order valence-corrected chi connectivity index (χ3v) is 2.03. The molecule has 0 spiro atoms. The minimum absolute atomic E-state index is 0.00565. The van der Waals surface area contributed by atoms with Gasteiger partial charge in [0.2, 0.25) is 5.91 Å². The van der Waals surface area contributed by atoms with Gasteiger partial charge in [0, 0.05) is 18.4 Å². The Balaban J connectivity index is 2.64. The Morgan fingerprint density at radius 1 is 1.44 bits per heavy atom. The molecule has 0 aliphatic heterocycles. The zero-order chi connectivity index (χ0) is 13.4. The molecule has 0 aliphatic rings. The maximum absolute atomic E-state index is 11.4. The molecule has 1 aromatic carbocycles. The third kappa shape index (κ3) is 5.27. The van der Waals surface area contributed by atoms with E-state index in [-0.39, 0.29) is 12.5 Å². The Morgan fingerprint density at radius 2 is 2.22 bits per heavy atom. The number of rotatable bonds is 6. The fraction of sp³-hybridized carbons (Fsp3) is 0.231. The number of hydrogen-bond donors (Lipinski definition) is 2. The summed E-state index contributed by atoms with van der Waals surface area (Å²) in [5.41, 5.74) is 1.30. The average Bonchev–Trinajstić information content (AvgIpc) is 2.34. The van der Waals surface area contributed by atoms with Crippen molar-refractivity contribution in [1.82, 2.24) is 0 Å². The monoisotopic (exact) mass is 249 g/mol. The van der Waals surface area contributed by atoms with E-state index in [9.17, 15) is 9.59 Å². The van der Waals surface area contributed by atoms with Crippen LogP contribution in [0, 0.1) is 0 Å². The number of hydrogen-bond acceptors (Lipinski definition) is 3. The SMILES string of the molecule is CCOCC(=O)Nc1cccc(/C=C/C(=O)O)c1. The van der Waals surface area contributed by atoms with Crippen LogP contribution < -0.4 is 5.32 Å². The van der Waals surface area contributed by atoms with E-state index >= 15 is 0 Å². The van der Waals surface area contributed by atoms with Crippen molar-refractivity contribution in [3.63, 3.8) is 0 Å². The molecule has 0 bridgehead atoms. The smallest absolute Gasteiger partial charge is 0.328 e. The van der Waals surface area contributed by atoms with Crippen molar-refractivity contribution in [2.75, 3.05) is 18.5 Å². The molecule has 1 aromatic rings. The van der Waals surface area contributed by atoms with E-state index in [0.717, 1.165) is 6.08 Å². The maximum atomic E-state index is 11.4. The lowest BCUT2D eigenvalue weighted by molar-refractivity contribution is -0.131. The van der Waals surface area contributed by atoms with Crippen LogP contribution in [0.5, 0.6) is 0 Å². The van der Waals surface area contributed by atoms with Crippen molar-refractivity contribution in [1.29, 1.82) is 0 Å². The van der Waals surface area contributed by atoms with Crippen LogP contribution in [0.4, 0.5) is 5.69 Å². The van der Waals surface area contributed by atoms with Crippen molar-refractivity contribution in [3.8, 4) is 0 Å². The summed E-state index contributed by atoms with van der Waals surface area (Å²) in [6.07, 6.45) is 2.50. The molecular formula is C13H15NO4. The summed E-state index contributed by atoms with van der Waals surface area (Å²) in [5.74, 6) is -1.25. The first-order valence-corrected chi connectivity index (χ1v) is 5.50. The van der Waals surface area contributed by atoms with Crippen LogP contribution in [0.25, 0.3) is 6.08 Å². The van der Waals surface area contributed by atoms with E-state index in [1.54, 1.807) is 24.3 Å². The number of benzene rings is 1. The second-order valence-corrected chi connectivity index (χ2v) is 3.48. The van der Waals surface area contributed by atoms with Crippen molar-refractivity contribution < 1.29 is 19.4 Å². The fourth-order valence-electron chi connectivity index (χ4n) is 1.28. The molecule has 0 saturated heterocycles. The lowest BCUT2D eigenvalue weighted by Gasteiger charge is -2.05. The molecule has 1 rings (SSSR count). The molecule has 0 atom stereocenters. The molecule has 0 fully saturated rings. The lowest BCUT2D eigenvalue weighted by Crippen LogP contribution is -2.18. The fourth-order valence-corrected chi connectivity index (χ4v) is 1.28. The van der Waals surface area contributed by atoms with Crippen LogP contribution in [-0.4, -0.2) is 30.2 Å². The highest BCUT2D eigenvalue weighted by atomic mass is 16.5. The second-order valence-electron chi connectivity index (χ2n) is 3.48. The maximum Gasteiger partial charge on any atom is 0.328 e. The molecule has 5 heteroatoms. The molecule has 0 saturated carbocycles. The molecule has 18 heavy (non-hydrogen) atoms. The van der Waals surface area contributed by atoms with Gasteiger partial charge in [-0.15, -0.1) is 0 Å². The standard InChI is InChI=1S/C13H15NO4/c1-2-18-9-12(15)14-11-5-3-4-10(8-11)6-7-13(16)17/h3-8H,2,9H2,1H3,(H,14,15)(H,16,17)/b7-6+. The number of nitrogens with one attached hydrogen (secondary N) is 1. The largest absolute Gasteiger partial charge is 0.478 e. The van der Waals surface area contributed by atoms with Crippen molar-refractivity contribution in [3.05, 3.63) is 35.9 Å². The number of carbonyl (C=O) groups is 2. The Bertz CT molecular complexity index is 454. The highest BCUT2D eigenvalue weighted by Gasteiger charge is 2.01. The predicted octanol–water partition coefficient (Wildman–Crippen LogP) is 1.76. The Morgan fingerprint density at radius 3 is 2.89 bits per heavy atom. The second kappa shape index (κ2) is 7.24. The van der Waals surface area contributed by atoms with E-state index in [0.29, 0.717) is 17.9 Å². The summed E-state index contributed by atoms with van der Waals surface area (Å²) < 4.78 is 4.97. The summed E-state index contributed by atoms with van der Waals surface area (Å²) in [5, 5.41) is 11.2. The molecule has 0 heterocycles. The van der Waals surface area contributed by atoms with E-state index in [4.69, 9.17) is 9.84 Å². The number of ether oxygens (including phenoxy) is 1. The number of amides is 1. The van der Waals surface area contributed by atoms with Gasteiger partial charge in [0.25, 0.3) is 0 Å². The predicted molar refractivity (Wildman–Crippen MR) is 68.2 cm³/mol. The van der Waals surface area contributed by atoms with Gasteiger partial charge in [-0.1, -0.05) is 12.1 Å². The van der Waals surface area contributed by atoms with Gasteiger partial charge in [0.15, 0.2) is 0 Å². The highest BCUT2D eigenvalue weighted by Crippen LogP contribution is 2.11. The summed E-state index contributed by atoms with van der Waals surface area (Å²) in [6, 6.07) is 6.89. The first kappa shape index (κ1) is 13.9. The molecular weight excluding hydrogens is 234 g/mol. The van der Waals surface area contributed by atoms with Gasteiger partial charge < -0.3 is 15.2 Å². The topological polar surface area (TPSA) is 75.6 Å². The minimum atomic E-state index is -1.01. The minimum Gasteiger partial charge on any atom is -0.478 e. The van der Waals surface area contributed by atoms with E-state index in [2.05, 4.69) is 5.32 Å². The third-order valence-electron chi connectivity index (χ3n) is 2.03. The van der Waals surface area contributed by atoms with Gasteiger partial charge in [-0.2, -0.15) is 0 Å². The number of carbonyl (C=O) groups excluding carboxylic acids is 1. The Hall–Kier alpha value is -2.14. The summed E-state index contributed by atoms with van der Waals surface area (Å²) in [6.45, 7) is 2.30. The van der Waals surface area contributed by atoms with E-state index < -0.39 is 5.97 Å². The first-order chi connectivity index (χ1) is 8.61. The zero-order valence-electron chi connectivity index (χ0n) is 10.1. The molecule has 96 valence electrons. The summed E-state index contributed by atoms with van der Waals surface area (Å²) in [4.78, 5) is 21.8. The Kier molecular flexibility index (Phi) is 5.60. The van der Waals surface area contributed by atoms with Gasteiger partial charge in [-0.3, -0.25) is 4.79 Å². The summed E-state index contributed by atoms with van der Waals surface area (Å²) >= 11 is 0. The van der Waals surface area contributed by atoms with Crippen molar-refractivity contribution in [2.24, 2.45) is 0 Å². The molecule has 0 radical (unpaired) electrons. The quantitative estimate of drug-likeness (QED) is 0.753. The van der Waals surface area contributed by atoms with Gasteiger partial charge in [0.1, 0.15) is 6.61 Å². The van der Waals surface area contributed by atoms with E-state index in [1.165, 1.54) is 6.08 Å². The molecule has 0 aromatic heterocycles. The van der Waals surface area contributed by atoms with Gasteiger partial charge in [-0.25, -0.2) is 4.79 Å². The van der Waals surface area contributed by atoms with Crippen LogP contribution in [-0.2, 0) is 14.3 Å². The number of carboxylic acid groups (broad SMARTS) is 1. The van der Waals surface area contributed by atoms with E-state index in [1.807, 2.05) is 6.92 Å². The molecule has 2 N–H and O–H groups in total. The van der Waals surface area contributed by atoms with Gasteiger partial charge in [-0.05, 0) is 30.7 Å². The normalized spacial score (nSPS) is 10.5. The average molecular weight is 249 g/mol. The van der Waals surface area contributed by atoms with Crippen molar-refractivity contribution >= 4 is 23.6 Å². The number of aliphatic carboxylic acids is 1. The Labute approximate surface area is 105 Å². The van der Waals surface area contributed by atoms with Crippen LogP contribution in [0.1, 0.15) is 12.5 Å². The zero-order valence-corrected chi connectivity index (χ0v) is 10.1. The number of carboxylic acids is 1. The first-order valence-electron chi connectivity index (χ1n) is 5.50. The molecule has 0 unspecified atom stereocenters. The summed E-state index contributed by atoms with van der Waals surface area (Å²) in [7, 11) is 0. The van der Waals surface area contributed by atoms with Crippen LogP contribution in [0.2, 0.25) is 0 Å². The van der Waals surface area contributed by atoms with Gasteiger partial charge in [0.05, 0.1) is 0 Å². The molecule has 0 aliphatic carbocycles. The molecule has 5 nitrogen and oxygen atoms in total. The highest BCUT2D eigenvalue weighted by molar-refractivity contribution is 5.92. The van der Waals surface area contributed by atoms with Gasteiger partial charge >= 0.3 is 5.97 Å². The lowest BCUT2D eigenvalue weighted by atomic mass is 10.2. The van der Waals surface area contributed by atoms with Crippen LogP contribution in [0.3, 0.4) is 0 Å². The van der Waals surface area contributed by atoms with Crippen LogP contribution in [0.15, 0.2) is 30.3 Å². The number of anilines is 1.